The van der Waals surface area contributed by atoms with Crippen LogP contribution in [0, 0.1) is 0 Å². The summed E-state index contributed by atoms with van der Waals surface area (Å²) < 4.78 is 42.0. The van der Waals surface area contributed by atoms with Gasteiger partial charge in [0.25, 0.3) is 5.91 Å². The van der Waals surface area contributed by atoms with Gasteiger partial charge in [-0.3, -0.25) is 9.89 Å². The average Bonchev–Trinajstić information content (AvgIpc) is 3.44. The second kappa shape index (κ2) is 9.44. The zero-order chi connectivity index (χ0) is 24.7. The quantitative estimate of drug-likeness (QED) is 0.445. The molecule has 0 spiro atoms. The van der Waals surface area contributed by atoms with Gasteiger partial charge in [0.1, 0.15) is 0 Å². The molecular weight excluding hydrogens is 543 g/mol. The third kappa shape index (κ3) is 5.03. The minimum atomic E-state index is -4.53. The maximum atomic E-state index is 13.9. The van der Waals surface area contributed by atoms with E-state index in [1.165, 1.54) is 17.8 Å². The molecule has 1 amide bonds. The van der Waals surface area contributed by atoms with Crippen molar-refractivity contribution in [3.05, 3.63) is 68.7 Å². The zero-order valence-electron chi connectivity index (χ0n) is 18.7. The highest BCUT2D eigenvalue weighted by atomic mass is 79.9. The van der Waals surface area contributed by atoms with Gasteiger partial charge in [-0.15, -0.1) is 0 Å². The van der Waals surface area contributed by atoms with Crippen LogP contribution in [0.4, 0.5) is 13.2 Å². The summed E-state index contributed by atoms with van der Waals surface area (Å²) in [5.41, 5.74) is 1.35. The number of hydrogen-bond acceptors (Lipinski definition) is 5. The number of H-pyrrole nitrogens is 1. The Hall–Kier alpha value is -2.63. The number of alkyl halides is 3. The van der Waals surface area contributed by atoms with Crippen LogP contribution in [0.15, 0.2) is 57.0 Å². The van der Waals surface area contributed by atoms with Crippen LogP contribution in [0.25, 0.3) is 16.5 Å². The van der Waals surface area contributed by atoms with Crippen molar-refractivity contribution in [2.24, 2.45) is 4.99 Å². The van der Waals surface area contributed by atoms with Crippen LogP contribution in [0.2, 0.25) is 0 Å². The van der Waals surface area contributed by atoms with E-state index in [1.807, 2.05) is 19.2 Å². The highest BCUT2D eigenvalue weighted by Crippen LogP contribution is 2.40. The molecule has 0 bridgehead atoms. The molecule has 1 N–H and O–H groups in total. The van der Waals surface area contributed by atoms with Crippen LogP contribution in [0.5, 0.6) is 0 Å². The molecule has 5 rings (SSSR count). The van der Waals surface area contributed by atoms with Crippen molar-refractivity contribution < 1.29 is 18.0 Å². The van der Waals surface area contributed by atoms with Crippen LogP contribution in [-0.4, -0.2) is 64.3 Å². The van der Waals surface area contributed by atoms with E-state index in [9.17, 15) is 18.0 Å². The van der Waals surface area contributed by atoms with Gasteiger partial charge in [-0.2, -0.15) is 23.3 Å². The first-order valence-corrected chi connectivity index (χ1v) is 12.6. The number of likely N-dealkylation sites (N-methyl/N-ethyl adjacent to an activating group) is 1. The molecule has 0 saturated carbocycles. The lowest BCUT2D eigenvalue weighted by Gasteiger charge is -2.33. The van der Waals surface area contributed by atoms with Crippen molar-refractivity contribution in [3.8, 4) is 0 Å². The smallest absolute Gasteiger partial charge is 0.348 e. The fraction of sp³-hybridized carbons (Fsp3) is 0.292. The standard InChI is InChI=1S/C24H21BrF3N5OS/c1-32-6-8-33(9-7-32)23-30-22(34)21(35-23)18(14-3-5-20-16(10-14)13-29-31-20)11-15-2-4-17(25)12-19(15)24(26,27)28/h2-5,10,12-13H,6-9,11H2,1H3,(H,29,31). The fourth-order valence-electron chi connectivity index (χ4n) is 4.22. The van der Waals surface area contributed by atoms with E-state index in [0.29, 0.717) is 25.7 Å². The van der Waals surface area contributed by atoms with Gasteiger partial charge in [-0.25, -0.2) is 0 Å². The lowest BCUT2D eigenvalue weighted by atomic mass is 9.93. The second-order valence-corrected chi connectivity index (χ2v) is 10.4. The van der Waals surface area contributed by atoms with Crippen molar-refractivity contribution in [2.45, 2.75) is 12.6 Å². The molecule has 3 aromatic rings. The highest BCUT2D eigenvalue weighted by Gasteiger charge is 2.35. The van der Waals surface area contributed by atoms with E-state index >= 15 is 0 Å². The molecule has 3 heterocycles. The topological polar surface area (TPSA) is 64.6 Å². The Kier molecular flexibility index (Phi) is 6.49. The molecule has 1 fully saturated rings. The highest BCUT2D eigenvalue weighted by molar-refractivity contribution is 9.10. The Morgan fingerprint density at radius 3 is 2.66 bits per heavy atom. The van der Waals surface area contributed by atoms with Gasteiger partial charge in [-0.05, 0) is 66.2 Å². The first-order valence-electron chi connectivity index (χ1n) is 11.0. The number of aromatic nitrogens is 2. The summed E-state index contributed by atoms with van der Waals surface area (Å²) in [4.78, 5) is 22.0. The molecule has 1 saturated heterocycles. The van der Waals surface area contributed by atoms with Crippen molar-refractivity contribution in [1.29, 1.82) is 0 Å². The number of aromatic amines is 1. The van der Waals surface area contributed by atoms with E-state index in [1.54, 1.807) is 18.3 Å². The number of rotatable bonds is 3. The lowest BCUT2D eigenvalue weighted by molar-refractivity contribution is -0.138. The third-order valence-corrected chi connectivity index (χ3v) is 7.82. The number of nitrogens with zero attached hydrogens (tertiary/aromatic N) is 4. The maximum Gasteiger partial charge on any atom is 0.416 e. The molecule has 0 aliphatic carbocycles. The van der Waals surface area contributed by atoms with Gasteiger partial charge in [0.15, 0.2) is 5.17 Å². The van der Waals surface area contributed by atoms with E-state index < -0.39 is 17.6 Å². The number of carbonyl (C=O) groups is 1. The van der Waals surface area contributed by atoms with Gasteiger partial charge in [0.05, 0.1) is 22.2 Å². The number of halogens is 4. The van der Waals surface area contributed by atoms with Crippen LogP contribution in [0.3, 0.4) is 0 Å². The summed E-state index contributed by atoms with van der Waals surface area (Å²) in [6, 6.07) is 9.58. The van der Waals surface area contributed by atoms with Crippen LogP contribution in [0.1, 0.15) is 16.7 Å². The number of fused-ring (bicyclic) bond motifs is 1. The summed E-state index contributed by atoms with van der Waals surface area (Å²) in [6.07, 6.45) is -2.94. The summed E-state index contributed by atoms with van der Waals surface area (Å²) >= 11 is 4.39. The monoisotopic (exact) mass is 563 g/mol. The number of allylic oxidation sites excluding steroid dienone is 1. The predicted molar refractivity (Wildman–Crippen MR) is 135 cm³/mol. The number of benzene rings is 2. The average molecular weight is 564 g/mol. The molecule has 182 valence electrons. The van der Waals surface area contributed by atoms with Gasteiger partial charge in [-0.1, -0.05) is 28.1 Å². The van der Waals surface area contributed by atoms with Crippen LogP contribution >= 0.6 is 27.7 Å². The molecule has 2 aliphatic rings. The Morgan fingerprint density at radius 2 is 1.91 bits per heavy atom. The number of thioether (sulfide) groups is 1. The number of hydrogen-bond donors (Lipinski definition) is 1. The van der Waals surface area contributed by atoms with Gasteiger partial charge < -0.3 is 9.80 Å². The van der Waals surface area contributed by atoms with Gasteiger partial charge in [0, 0.05) is 36.0 Å². The number of piperazine rings is 1. The minimum Gasteiger partial charge on any atom is -0.348 e. The van der Waals surface area contributed by atoms with Crippen molar-refractivity contribution in [3.63, 3.8) is 0 Å². The maximum absolute atomic E-state index is 13.9. The number of carbonyl (C=O) groups excluding carboxylic acids is 1. The minimum absolute atomic E-state index is 0.0644. The summed E-state index contributed by atoms with van der Waals surface area (Å²) in [7, 11) is 2.04. The third-order valence-electron chi connectivity index (χ3n) is 6.17. The lowest BCUT2D eigenvalue weighted by Crippen LogP contribution is -2.46. The molecule has 2 aliphatic heterocycles. The number of amidine groups is 1. The number of amides is 1. The molecule has 11 heteroatoms. The van der Waals surface area contributed by atoms with Crippen LogP contribution in [-0.2, 0) is 17.4 Å². The Labute approximate surface area is 212 Å². The van der Waals surface area contributed by atoms with Gasteiger partial charge >= 0.3 is 6.18 Å². The molecule has 0 unspecified atom stereocenters. The van der Waals surface area contributed by atoms with E-state index in [0.717, 1.165) is 43.1 Å². The van der Waals surface area contributed by atoms with Crippen LogP contribution < -0.4 is 0 Å². The SMILES string of the molecule is CN1CCN(C2=NC(=O)C(=C(Cc3ccc(Br)cc3C(F)(F)F)c3ccc4[nH]ncc4c3)S2)CC1. The van der Waals surface area contributed by atoms with E-state index in [4.69, 9.17) is 0 Å². The van der Waals surface area contributed by atoms with Crippen molar-refractivity contribution >= 4 is 55.2 Å². The molecule has 1 aromatic heterocycles. The normalized spacial score (nSPS) is 18.9. The first kappa shape index (κ1) is 24.1. The number of nitrogens with one attached hydrogen (secondary N) is 1. The van der Waals surface area contributed by atoms with Crippen molar-refractivity contribution in [1.82, 2.24) is 20.0 Å². The number of aliphatic imine (C=N–C) groups is 1. The fourth-order valence-corrected chi connectivity index (χ4v) is 5.65. The zero-order valence-corrected chi connectivity index (χ0v) is 21.1. The Morgan fingerprint density at radius 1 is 1.14 bits per heavy atom. The summed E-state index contributed by atoms with van der Waals surface area (Å²) in [5, 5.41) is 8.32. The summed E-state index contributed by atoms with van der Waals surface area (Å²) in [6.45, 7) is 3.18. The molecule has 2 aromatic carbocycles. The summed E-state index contributed by atoms with van der Waals surface area (Å²) in [5.74, 6) is -0.420. The molecule has 35 heavy (non-hydrogen) atoms. The largest absolute Gasteiger partial charge is 0.416 e. The second-order valence-electron chi connectivity index (χ2n) is 8.55. The molecular formula is C24H21BrF3N5OS. The van der Waals surface area contributed by atoms with Crippen molar-refractivity contribution in [2.75, 3.05) is 33.2 Å². The molecule has 6 nitrogen and oxygen atoms in total. The molecule has 0 radical (unpaired) electrons. The van der Waals surface area contributed by atoms with E-state index in [2.05, 4.69) is 40.9 Å². The predicted octanol–water partition coefficient (Wildman–Crippen LogP) is 5.17. The first-order chi connectivity index (χ1) is 16.7. The van der Waals surface area contributed by atoms with E-state index in [-0.39, 0.29) is 12.0 Å². The Bertz CT molecular complexity index is 1360. The van der Waals surface area contributed by atoms with Gasteiger partial charge in [0.2, 0.25) is 0 Å². The molecule has 0 atom stereocenters. The Balaban J connectivity index is 1.58.